The van der Waals surface area contributed by atoms with Gasteiger partial charge in [0.2, 0.25) is 0 Å². The third-order valence-electron chi connectivity index (χ3n) is 1.29. The second-order valence-corrected chi connectivity index (χ2v) is 3.11. The van der Waals surface area contributed by atoms with E-state index in [4.69, 9.17) is 27.0 Å². The Morgan fingerprint density at radius 2 is 1.92 bits per heavy atom. The van der Waals surface area contributed by atoms with Gasteiger partial charge < -0.3 is 3.83 Å². The zero-order valence-corrected chi connectivity index (χ0v) is 8.78. The summed E-state index contributed by atoms with van der Waals surface area (Å²) in [6.07, 6.45) is 0.588. The lowest BCUT2D eigenvalue weighted by Gasteiger charge is -2.04. The standard InChI is InChI=1S/C7H3BrCl2O2/c8-12-7-4(3-11)5(9)1-2-6(7)10/h1-3H. The molecule has 0 saturated carbocycles. The van der Waals surface area contributed by atoms with Gasteiger partial charge in [-0.05, 0) is 12.1 Å². The Morgan fingerprint density at radius 1 is 1.33 bits per heavy atom. The van der Waals surface area contributed by atoms with Gasteiger partial charge in [-0.1, -0.05) is 23.2 Å². The molecule has 0 amide bonds. The van der Waals surface area contributed by atoms with Crippen LogP contribution in [0.1, 0.15) is 10.4 Å². The molecule has 0 aromatic heterocycles. The predicted molar refractivity (Wildman–Crippen MR) is 51.4 cm³/mol. The summed E-state index contributed by atoms with van der Waals surface area (Å²) in [7, 11) is 0. The first-order valence-electron chi connectivity index (χ1n) is 2.92. The maximum absolute atomic E-state index is 10.5. The molecule has 64 valence electrons. The van der Waals surface area contributed by atoms with Crippen LogP contribution in [0.3, 0.4) is 0 Å². The van der Waals surface area contributed by atoms with E-state index in [2.05, 4.69) is 16.3 Å². The smallest absolute Gasteiger partial charge is 0.179 e. The maximum atomic E-state index is 10.5. The van der Waals surface area contributed by atoms with E-state index in [-0.39, 0.29) is 11.3 Å². The molecule has 1 aromatic rings. The zero-order valence-electron chi connectivity index (χ0n) is 5.68. The SMILES string of the molecule is O=Cc1c(Cl)ccc(Cl)c1OBr. The fourth-order valence-electron chi connectivity index (χ4n) is 0.737. The van der Waals surface area contributed by atoms with Crippen molar-refractivity contribution in [3.05, 3.63) is 27.7 Å². The van der Waals surface area contributed by atoms with E-state index >= 15 is 0 Å². The van der Waals surface area contributed by atoms with E-state index in [9.17, 15) is 4.79 Å². The van der Waals surface area contributed by atoms with E-state index < -0.39 is 0 Å². The van der Waals surface area contributed by atoms with Gasteiger partial charge in [-0.15, -0.1) is 0 Å². The van der Waals surface area contributed by atoms with E-state index in [1.807, 2.05) is 0 Å². The number of aldehydes is 1. The van der Waals surface area contributed by atoms with Crippen molar-refractivity contribution in [2.45, 2.75) is 0 Å². The number of benzene rings is 1. The summed E-state index contributed by atoms with van der Waals surface area (Å²) < 4.78 is 4.71. The van der Waals surface area contributed by atoms with Gasteiger partial charge in [0.1, 0.15) is 0 Å². The molecule has 0 radical (unpaired) electrons. The molecule has 0 bridgehead atoms. The second-order valence-electron chi connectivity index (χ2n) is 1.97. The van der Waals surface area contributed by atoms with Crippen LogP contribution in [0.25, 0.3) is 0 Å². The molecule has 0 spiro atoms. The van der Waals surface area contributed by atoms with Crippen LogP contribution >= 0.6 is 39.5 Å². The van der Waals surface area contributed by atoms with Gasteiger partial charge in [-0.25, -0.2) is 0 Å². The van der Waals surface area contributed by atoms with Gasteiger partial charge in [-0.2, -0.15) is 0 Å². The van der Waals surface area contributed by atoms with E-state index in [0.717, 1.165) is 0 Å². The lowest BCUT2D eigenvalue weighted by Crippen LogP contribution is -1.88. The van der Waals surface area contributed by atoms with Crippen LogP contribution in [-0.4, -0.2) is 6.29 Å². The maximum Gasteiger partial charge on any atom is 0.179 e. The van der Waals surface area contributed by atoms with Gasteiger partial charge in [0.25, 0.3) is 0 Å². The number of halogens is 3. The highest BCUT2D eigenvalue weighted by molar-refractivity contribution is 9.06. The number of hydrogen-bond donors (Lipinski definition) is 0. The summed E-state index contributed by atoms with van der Waals surface area (Å²) in [4.78, 5) is 10.5. The Balaban J connectivity index is 3.38. The van der Waals surface area contributed by atoms with E-state index in [1.54, 1.807) is 6.07 Å². The van der Waals surface area contributed by atoms with Gasteiger partial charge in [0.15, 0.2) is 28.3 Å². The van der Waals surface area contributed by atoms with E-state index in [1.165, 1.54) is 6.07 Å². The quantitative estimate of drug-likeness (QED) is 0.769. The first-order chi connectivity index (χ1) is 5.70. The van der Waals surface area contributed by atoms with Crippen molar-refractivity contribution in [3.8, 4) is 5.75 Å². The highest BCUT2D eigenvalue weighted by Gasteiger charge is 2.11. The van der Waals surface area contributed by atoms with Crippen molar-refractivity contribution in [3.63, 3.8) is 0 Å². The van der Waals surface area contributed by atoms with Crippen LogP contribution in [0, 0.1) is 0 Å². The van der Waals surface area contributed by atoms with Crippen molar-refractivity contribution in [1.82, 2.24) is 0 Å². The van der Waals surface area contributed by atoms with Gasteiger partial charge in [0.05, 0.1) is 15.6 Å². The van der Waals surface area contributed by atoms with Crippen molar-refractivity contribution in [1.29, 1.82) is 0 Å². The Kier molecular flexibility index (Phi) is 3.38. The van der Waals surface area contributed by atoms with Crippen LogP contribution in [-0.2, 0) is 0 Å². The van der Waals surface area contributed by atoms with Gasteiger partial charge in [0, 0.05) is 0 Å². The molecule has 0 aliphatic heterocycles. The van der Waals surface area contributed by atoms with Crippen molar-refractivity contribution < 1.29 is 8.62 Å². The minimum absolute atomic E-state index is 0.235. The van der Waals surface area contributed by atoms with Crippen molar-refractivity contribution >= 4 is 45.7 Å². The van der Waals surface area contributed by atoms with Crippen LogP contribution in [0.4, 0.5) is 0 Å². The topological polar surface area (TPSA) is 26.3 Å². The lowest BCUT2D eigenvalue weighted by molar-refractivity contribution is 0.112. The highest BCUT2D eigenvalue weighted by Crippen LogP contribution is 2.33. The molecule has 0 aliphatic carbocycles. The fraction of sp³-hybridized carbons (Fsp3) is 0. The third-order valence-corrected chi connectivity index (χ3v) is 2.24. The van der Waals surface area contributed by atoms with Gasteiger partial charge in [-0.3, -0.25) is 4.79 Å². The number of carbonyl (C=O) groups excluding carboxylic acids is 1. The lowest BCUT2D eigenvalue weighted by atomic mass is 10.2. The first kappa shape index (κ1) is 9.84. The molecule has 0 aliphatic rings. The van der Waals surface area contributed by atoms with Crippen LogP contribution in [0.15, 0.2) is 12.1 Å². The zero-order chi connectivity index (χ0) is 9.14. The van der Waals surface area contributed by atoms with E-state index in [0.29, 0.717) is 16.3 Å². The van der Waals surface area contributed by atoms with Crippen molar-refractivity contribution in [2.24, 2.45) is 0 Å². The minimum atomic E-state index is 0.235. The summed E-state index contributed by atoms with van der Waals surface area (Å²) in [6, 6.07) is 3.08. The number of carbonyl (C=O) groups is 1. The summed E-state index contributed by atoms with van der Waals surface area (Å²) in [5.41, 5.74) is 0.237. The minimum Gasteiger partial charge on any atom is -0.416 e. The van der Waals surface area contributed by atoms with Gasteiger partial charge >= 0.3 is 0 Å². The average Bonchev–Trinajstić information content (AvgIpc) is 2.08. The molecule has 0 saturated heterocycles. The Morgan fingerprint density at radius 3 is 2.33 bits per heavy atom. The highest BCUT2D eigenvalue weighted by atomic mass is 79.9. The molecule has 0 atom stereocenters. The fourth-order valence-corrected chi connectivity index (χ4v) is 1.58. The molecular weight excluding hydrogens is 267 g/mol. The summed E-state index contributed by atoms with van der Waals surface area (Å²) >= 11 is 14.1. The largest absolute Gasteiger partial charge is 0.416 e. The molecule has 1 rings (SSSR count). The number of hydrogen-bond acceptors (Lipinski definition) is 2. The monoisotopic (exact) mass is 268 g/mol. The predicted octanol–water partition coefficient (Wildman–Crippen LogP) is 3.49. The molecule has 0 N–H and O–H groups in total. The third kappa shape index (κ3) is 1.73. The average molecular weight is 270 g/mol. The van der Waals surface area contributed by atoms with Crippen molar-refractivity contribution in [2.75, 3.05) is 0 Å². The molecule has 12 heavy (non-hydrogen) atoms. The summed E-state index contributed by atoms with van der Waals surface area (Å²) in [6.45, 7) is 0. The molecule has 2 nitrogen and oxygen atoms in total. The van der Waals surface area contributed by atoms with Crippen LogP contribution < -0.4 is 3.83 Å². The molecule has 0 heterocycles. The summed E-state index contributed by atoms with van der Waals surface area (Å²) in [5, 5.41) is 0.641. The Bertz CT molecular complexity index is 315. The Labute approximate surface area is 87.9 Å². The number of rotatable bonds is 2. The first-order valence-corrected chi connectivity index (χ1v) is 4.32. The normalized spacial score (nSPS) is 9.58. The second kappa shape index (κ2) is 4.12. The molecule has 0 fully saturated rings. The molecule has 0 unspecified atom stereocenters. The summed E-state index contributed by atoms with van der Waals surface area (Å²) in [5.74, 6) is 0.235. The Hall–Kier alpha value is -0.250. The molecule has 5 heteroatoms. The molecule has 1 aromatic carbocycles. The van der Waals surface area contributed by atoms with Crippen LogP contribution in [0.2, 0.25) is 10.0 Å². The molecular formula is C7H3BrCl2O2. The van der Waals surface area contributed by atoms with Crippen LogP contribution in [0.5, 0.6) is 5.75 Å².